The van der Waals surface area contributed by atoms with Crippen LogP contribution in [0.3, 0.4) is 0 Å². The first-order chi connectivity index (χ1) is 7.99. The van der Waals surface area contributed by atoms with Gasteiger partial charge in [-0.1, -0.05) is 13.3 Å². The van der Waals surface area contributed by atoms with E-state index in [2.05, 4.69) is 11.9 Å². The summed E-state index contributed by atoms with van der Waals surface area (Å²) >= 11 is 0. The molecule has 102 valence electrons. The van der Waals surface area contributed by atoms with Crippen molar-refractivity contribution in [2.75, 3.05) is 13.2 Å². The molecule has 0 saturated carbocycles. The predicted molar refractivity (Wildman–Crippen MR) is 67.2 cm³/mol. The molecule has 6 nitrogen and oxygen atoms in total. The molecule has 0 heterocycles. The van der Waals surface area contributed by atoms with Crippen LogP contribution in [-0.4, -0.2) is 34.3 Å². The third-order valence-corrected chi connectivity index (χ3v) is 4.60. The van der Waals surface area contributed by atoms with E-state index in [0.717, 1.165) is 12.8 Å². The lowest BCUT2D eigenvalue weighted by atomic mass is 10.2. The Balaban J connectivity index is 4.68. The van der Waals surface area contributed by atoms with Crippen LogP contribution in [0.2, 0.25) is 0 Å². The SMILES string of the molecule is CCCC(C)O[Si](NC(N)=O)(OCC)OCC. The zero-order chi connectivity index (χ0) is 13.3. The molecule has 0 aliphatic rings. The highest BCUT2D eigenvalue weighted by atomic mass is 28.4. The van der Waals surface area contributed by atoms with Crippen LogP contribution in [0.4, 0.5) is 4.79 Å². The number of amides is 2. The summed E-state index contributed by atoms with van der Waals surface area (Å²) in [6, 6.07) is -0.692. The first-order valence-electron chi connectivity index (χ1n) is 6.03. The molecular formula is C10H24N2O4Si. The van der Waals surface area contributed by atoms with Crippen molar-refractivity contribution in [2.45, 2.75) is 46.6 Å². The van der Waals surface area contributed by atoms with Crippen LogP contribution in [0.15, 0.2) is 0 Å². The number of urea groups is 1. The molecule has 0 saturated heterocycles. The summed E-state index contributed by atoms with van der Waals surface area (Å²) in [5.41, 5.74) is 5.13. The topological polar surface area (TPSA) is 82.8 Å². The van der Waals surface area contributed by atoms with E-state index >= 15 is 0 Å². The Morgan fingerprint density at radius 1 is 1.29 bits per heavy atom. The maximum Gasteiger partial charge on any atom is 0.635 e. The highest BCUT2D eigenvalue weighted by Crippen LogP contribution is 2.12. The molecule has 17 heavy (non-hydrogen) atoms. The van der Waals surface area contributed by atoms with Gasteiger partial charge in [-0.05, 0) is 27.2 Å². The van der Waals surface area contributed by atoms with Crippen LogP contribution in [0.1, 0.15) is 40.5 Å². The third-order valence-electron chi connectivity index (χ3n) is 2.00. The Kier molecular flexibility index (Phi) is 8.14. The molecule has 0 rings (SSSR count). The van der Waals surface area contributed by atoms with Crippen LogP contribution in [-0.2, 0) is 13.3 Å². The molecule has 2 amide bonds. The van der Waals surface area contributed by atoms with Crippen LogP contribution in [0, 0.1) is 0 Å². The Morgan fingerprint density at radius 2 is 1.82 bits per heavy atom. The van der Waals surface area contributed by atoms with Gasteiger partial charge < -0.3 is 19.0 Å². The van der Waals surface area contributed by atoms with Gasteiger partial charge in [-0.2, -0.15) is 0 Å². The molecule has 0 aromatic rings. The molecule has 1 atom stereocenters. The van der Waals surface area contributed by atoms with Crippen LogP contribution >= 0.6 is 0 Å². The van der Waals surface area contributed by atoms with E-state index in [0.29, 0.717) is 13.2 Å². The standard InChI is InChI=1S/C10H24N2O4Si/c1-5-8-9(4)16-17(14-6-2,15-7-3)12-10(11)13/h9H,5-8H2,1-4H3,(H3,11,12,13). The normalized spacial score (nSPS) is 13.4. The number of nitrogens with two attached hydrogens (primary N) is 1. The van der Waals surface area contributed by atoms with Crippen molar-refractivity contribution in [3.8, 4) is 0 Å². The smallest absolute Gasteiger partial charge is 0.357 e. The van der Waals surface area contributed by atoms with E-state index < -0.39 is 15.0 Å². The van der Waals surface area contributed by atoms with Crippen molar-refractivity contribution in [1.82, 2.24) is 4.98 Å². The van der Waals surface area contributed by atoms with Gasteiger partial charge in [0.25, 0.3) is 0 Å². The molecule has 0 bridgehead atoms. The van der Waals surface area contributed by atoms with Crippen molar-refractivity contribution in [3.63, 3.8) is 0 Å². The minimum atomic E-state index is -3.18. The Hall–Kier alpha value is -0.633. The van der Waals surface area contributed by atoms with E-state index in [1.165, 1.54) is 0 Å². The van der Waals surface area contributed by atoms with Gasteiger partial charge >= 0.3 is 15.0 Å². The van der Waals surface area contributed by atoms with Crippen molar-refractivity contribution < 1.29 is 18.1 Å². The summed E-state index contributed by atoms with van der Waals surface area (Å²) in [5.74, 6) is 0. The molecule has 0 aromatic heterocycles. The maximum atomic E-state index is 11.0. The molecular weight excluding hydrogens is 240 g/mol. The predicted octanol–water partition coefficient (Wildman–Crippen LogP) is 1.37. The van der Waals surface area contributed by atoms with E-state index in [4.69, 9.17) is 19.0 Å². The minimum absolute atomic E-state index is 0.0448. The molecule has 0 radical (unpaired) electrons. The Morgan fingerprint density at radius 3 is 2.18 bits per heavy atom. The van der Waals surface area contributed by atoms with E-state index in [1.807, 2.05) is 20.8 Å². The number of nitrogens with one attached hydrogen (secondary N) is 1. The highest BCUT2D eigenvalue weighted by molar-refractivity contribution is 6.60. The fourth-order valence-electron chi connectivity index (χ4n) is 1.47. The van der Waals surface area contributed by atoms with E-state index in [-0.39, 0.29) is 6.10 Å². The average molecular weight is 264 g/mol. The van der Waals surface area contributed by atoms with Gasteiger partial charge in [0.05, 0.1) is 0 Å². The van der Waals surface area contributed by atoms with E-state index in [9.17, 15) is 4.79 Å². The number of rotatable bonds is 9. The zero-order valence-corrected chi connectivity index (χ0v) is 12.1. The van der Waals surface area contributed by atoms with Crippen molar-refractivity contribution in [2.24, 2.45) is 5.73 Å². The molecule has 7 heteroatoms. The molecule has 0 aliphatic carbocycles. The lowest BCUT2D eigenvalue weighted by Gasteiger charge is -2.30. The summed E-state index contributed by atoms with van der Waals surface area (Å²) in [6.07, 6.45) is 1.81. The first-order valence-corrected chi connectivity index (χ1v) is 7.75. The van der Waals surface area contributed by atoms with Gasteiger partial charge in [-0.25, -0.2) is 4.79 Å². The molecule has 3 N–H and O–H groups in total. The lowest BCUT2D eigenvalue weighted by Crippen LogP contribution is -2.63. The number of hydrogen-bond donors (Lipinski definition) is 2. The monoisotopic (exact) mass is 264 g/mol. The quantitative estimate of drug-likeness (QED) is 0.616. The Labute approximate surface area is 104 Å². The van der Waals surface area contributed by atoms with E-state index in [1.54, 1.807) is 0 Å². The van der Waals surface area contributed by atoms with Gasteiger partial charge in [0.15, 0.2) is 0 Å². The maximum absolute atomic E-state index is 11.0. The lowest BCUT2D eigenvalue weighted by molar-refractivity contribution is 0.0289. The highest BCUT2D eigenvalue weighted by Gasteiger charge is 2.45. The fourth-order valence-corrected chi connectivity index (χ4v) is 3.60. The van der Waals surface area contributed by atoms with Crippen LogP contribution in [0.5, 0.6) is 0 Å². The summed E-state index contributed by atoms with van der Waals surface area (Å²) in [5, 5.41) is 0. The molecule has 0 aromatic carbocycles. The summed E-state index contributed by atoms with van der Waals surface area (Å²) in [7, 11) is -3.18. The first kappa shape index (κ1) is 16.4. The van der Waals surface area contributed by atoms with Gasteiger partial charge in [0, 0.05) is 19.3 Å². The molecule has 0 aliphatic heterocycles. The van der Waals surface area contributed by atoms with Crippen molar-refractivity contribution >= 4 is 15.0 Å². The summed E-state index contributed by atoms with van der Waals surface area (Å²) < 4.78 is 16.7. The second-order valence-corrected chi connectivity index (χ2v) is 5.80. The van der Waals surface area contributed by atoms with Gasteiger partial charge in [-0.3, -0.25) is 4.98 Å². The molecule has 1 unspecified atom stereocenters. The zero-order valence-electron chi connectivity index (χ0n) is 11.1. The van der Waals surface area contributed by atoms with Crippen molar-refractivity contribution in [1.29, 1.82) is 0 Å². The number of hydrogen-bond acceptors (Lipinski definition) is 4. The van der Waals surface area contributed by atoms with Crippen LogP contribution in [0.25, 0.3) is 0 Å². The van der Waals surface area contributed by atoms with Crippen LogP contribution < -0.4 is 10.7 Å². The Bertz CT molecular complexity index is 222. The molecule has 0 spiro atoms. The number of primary amides is 1. The fraction of sp³-hybridized carbons (Fsp3) is 0.900. The number of carbonyl (C=O) groups excluding carboxylic acids is 1. The van der Waals surface area contributed by atoms with Gasteiger partial charge in [0.2, 0.25) is 0 Å². The van der Waals surface area contributed by atoms with Gasteiger partial charge in [-0.15, -0.1) is 0 Å². The molecule has 0 fully saturated rings. The third kappa shape index (κ3) is 6.62. The average Bonchev–Trinajstić information content (AvgIpc) is 2.16. The summed E-state index contributed by atoms with van der Waals surface area (Å²) in [6.45, 7) is 8.41. The number of carbonyl (C=O) groups is 1. The minimum Gasteiger partial charge on any atom is -0.357 e. The second-order valence-electron chi connectivity index (χ2n) is 3.63. The second kappa shape index (κ2) is 8.46. The largest absolute Gasteiger partial charge is 0.635 e. The summed E-state index contributed by atoms with van der Waals surface area (Å²) in [4.78, 5) is 13.5. The van der Waals surface area contributed by atoms with Crippen molar-refractivity contribution in [3.05, 3.63) is 0 Å². The van der Waals surface area contributed by atoms with Gasteiger partial charge in [0.1, 0.15) is 0 Å².